The fraction of sp³-hybridized carbons (Fsp3) is 0.706. The number of carbonyl (C=O) groups excluding carboxylic acids is 1. The molecule has 2 heterocycles. The van der Waals surface area contributed by atoms with Crippen LogP contribution in [-0.2, 0) is 14.8 Å². The second kappa shape index (κ2) is 8.62. The van der Waals surface area contributed by atoms with Gasteiger partial charge in [0.05, 0.1) is 0 Å². The molecular weight excluding hydrogens is 358 g/mol. The van der Waals surface area contributed by atoms with Gasteiger partial charge in [0.15, 0.2) is 0 Å². The van der Waals surface area contributed by atoms with Gasteiger partial charge in [-0.3, -0.25) is 4.79 Å². The van der Waals surface area contributed by atoms with E-state index < -0.39 is 10.0 Å². The number of piperazine rings is 1. The maximum absolute atomic E-state index is 13.1. The lowest BCUT2D eigenvalue weighted by atomic mass is 9.95. The quantitative estimate of drug-likeness (QED) is 0.812. The number of nitrogens with zero attached hydrogens (tertiary/aromatic N) is 2. The average Bonchev–Trinajstić information content (AvgIpc) is 3.19. The van der Waals surface area contributed by atoms with Gasteiger partial charge in [0.1, 0.15) is 4.21 Å². The highest BCUT2D eigenvalue weighted by atomic mass is 32.2. The third-order valence-corrected chi connectivity index (χ3v) is 8.38. The Balaban J connectivity index is 1.71. The molecule has 1 aromatic rings. The minimum absolute atomic E-state index is 0.0247. The summed E-state index contributed by atoms with van der Waals surface area (Å²) in [6, 6.07) is 3.45. The molecule has 25 heavy (non-hydrogen) atoms. The number of hydrogen-bond donors (Lipinski definition) is 1. The van der Waals surface area contributed by atoms with Gasteiger partial charge < -0.3 is 10.2 Å². The van der Waals surface area contributed by atoms with Crippen molar-refractivity contribution in [3.05, 3.63) is 17.5 Å². The normalized spacial score (nSPS) is 20.1. The summed E-state index contributed by atoms with van der Waals surface area (Å²) in [5.74, 6) is 0.0590. The van der Waals surface area contributed by atoms with Crippen molar-refractivity contribution in [2.45, 2.75) is 48.8 Å². The van der Waals surface area contributed by atoms with Gasteiger partial charge in [-0.25, -0.2) is 8.42 Å². The topological polar surface area (TPSA) is 69.7 Å². The third-order valence-electron chi connectivity index (χ3n) is 5.06. The van der Waals surface area contributed by atoms with Crippen molar-refractivity contribution < 1.29 is 13.2 Å². The summed E-state index contributed by atoms with van der Waals surface area (Å²) in [5.41, 5.74) is 0. The van der Waals surface area contributed by atoms with Gasteiger partial charge in [-0.1, -0.05) is 25.3 Å². The van der Waals surface area contributed by atoms with E-state index in [1.54, 1.807) is 21.8 Å². The van der Waals surface area contributed by atoms with Gasteiger partial charge in [0.25, 0.3) is 10.0 Å². The van der Waals surface area contributed by atoms with Gasteiger partial charge in [-0.05, 0) is 24.3 Å². The molecular formula is C17H27N3O3S2. The lowest BCUT2D eigenvalue weighted by molar-refractivity contribution is -0.131. The zero-order valence-corrected chi connectivity index (χ0v) is 16.2. The molecule has 0 atom stereocenters. The molecule has 1 aromatic heterocycles. The predicted octanol–water partition coefficient (Wildman–Crippen LogP) is 1.89. The third kappa shape index (κ3) is 4.61. The van der Waals surface area contributed by atoms with Crippen LogP contribution >= 0.6 is 11.3 Å². The van der Waals surface area contributed by atoms with Crippen molar-refractivity contribution in [3.63, 3.8) is 0 Å². The van der Waals surface area contributed by atoms with Gasteiger partial charge in [0.2, 0.25) is 5.91 Å². The highest BCUT2D eigenvalue weighted by Gasteiger charge is 2.33. The van der Waals surface area contributed by atoms with Crippen LogP contribution in [0.15, 0.2) is 21.7 Å². The summed E-state index contributed by atoms with van der Waals surface area (Å²) in [7, 11) is -3.51. The number of carbonyl (C=O) groups is 1. The number of amides is 1. The first-order valence-corrected chi connectivity index (χ1v) is 11.4. The Morgan fingerprint density at radius 1 is 1.24 bits per heavy atom. The second-order valence-corrected chi connectivity index (χ2v) is 9.79. The molecule has 0 aromatic carbocycles. The van der Waals surface area contributed by atoms with Crippen molar-refractivity contribution in [2.75, 3.05) is 32.7 Å². The molecule has 1 aliphatic carbocycles. The summed E-state index contributed by atoms with van der Waals surface area (Å²) >= 11 is 1.25. The largest absolute Gasteiger partial charge is 0.340 e. The van der Waals surface area contributed by atoms with E-state index >= 15 is 0 Å². The van der Waals surface area contributed by atoms with E-state index in [1.165, 1.54) is 17.8 Å². The standard InChI is InChI=1S/C17H27N3O3S2/c21-16(19-12-9-18-10-13-19)8-11-20(15-5-2-1-3-6-15)25(22,23)17-7-4-14-24-17/h4,7,14-15,18H,1-3,5-6,8-13H2. The van der Waals surface area contributed by atoms with Crippen molar-refractivity contribution in [3.8, 4) is 0 Å². The molecule has 2 fully saturated rings. The molecule has 1 aliphatic heterocycles. The van der Waals surface area contributed by atoms with E-state index in [1.807, 2.05) is 4.90 Å². The Bertz CT molecular complexity index is 649. The summed E-state index contributed by atoms with van der Waals surface area (Å²) < 4.78 is 28.2. The van der Waals surface area contributed by atoms with Crippen LogP contribution < -0.4 is 5.32 Å². The van der Waals surface area contributed by atoms with Gasteiger partial charge in [-0.15, -0.1) is 11.3 Å². The van der Waals surface area contributed by atoms with Crippen LogP contribution in [0, 0.1) is 0 Å². The maximum Gasteiger partial charge on any atom is 0.252 e. The molecule has 0 bridgehead atoms. The Labute approximate surface area is 154 Å². The lowest BCUT2D eigenvalue weighted by Gasteiger charge is -2.34. The SMILES string of the molecule is O=C(CCN(C1CCCCC1)S(=O)(=O)c1cccs1)N1CCNCC1. The minimum Gasteiger partial charge on any atom is -0.340 e. The molecule has 2 aliphatic rings. The Morgan fingerprint density at radius 2 is 1.96 bits per heavy atom. The number of rotatable bonds is 6. The summed E-state index contributed by atoms with van der Waals surface area (Å²) in [4.78, 5) is 14.3. The first kappa shape index (κ1) is 18.8. The molecule has 140 valence electrons. The molecule has 0 radical (unpaired) electrons. The zero-order chi connectivity index (χ0) is 17.7. The van der Waals surface area contributed by atoms with Gasteiger partial charge >= 0.3 is 0 Å². The Hall–Kier alpha value is -0.960. The summed E-state index contributed by atoms with van der Waals surface area (Å²) in [6.07, 6.45) is 5.35. The van der Waals surface area contributed by atoms with Crippen LogP contribution in [0.5, 0.6) is 0 Å². The summed E-state index contributed by atoms with van der Waals surface area (Å²) in [6.45, 7) is 3.32. The zero-order valence-electron chi connectivity index (χ0n) is 14.5. The van der Waals surface area contributed by atoms with Crippen LogP contribution in [-0.4, -0.2) is 62.3 Å². The van der Waals surface area contributed by atoms with Crippen LogP contribution in [0.3, 0.4) is 0 Å². The number of nitrogens with one attached hydrogen (secondary N) is 1. The van der Waals surface area contributed by atoms with E-state index in [2.05, 4.69) is 5.32 Å². The molecule has 3 rings (SSSR count). The molecule has 1 N–H and O–H groups in total. The van der Waals surface area contributed by atoms with Crippen LogP contribution in [0.4, 0.5) is 0 Å². The molecule has 6 nitrogen and oxygen atoms in total. The second-order valence-electron chi connectivity index (χ2n) is 6.72. The molecule has 1 saturated carbocycles. The van der Waals surface area contributed by atoms with E-state index in [0.29, 0.717) is 17.3 Å². The highest BCUT2D eigenvalue weighted by molar-refractivity contribution is 7.91. The maximum atomic E-state index is 13.1. The number of sulfonamides is 1. The first-order chi connectivity index (χ1) is 12.1. The first-order valence-electron chi connectivity index (χ1n) is 9.13. The van der Waals surface area contributed by atoms with Gasteiger partial charge in [0, 0.05) is 45.2 Å². The fourth-order valence-electron chi connectivity index (χ4n) is 3.67. The van der Waals surface area contributed by atoms with E-state index in [-0.39, 0.29) is 24.9 Å². The van der Waals surface area contributed by atoms with Crippen LogP contribution in [0.25, 0.3) is 0 Å². The van der Waals surface area contributed by atoms with Crippen molar-refractivity contribution >= 4 is 27.3 Å². The van der Waals surface area contributed by atoms with Crippen molar-refractivity contribution in [1.29, 1.82) is 0 Å². The fourth-order valence-corrected chi connectivity index (χ4v) is 6.48. The smallest absolute Gasteiger partial charge is 0.252 e. The van der Waals surface area contributed by atoms with Crippen LogP contribution in [0.2, 0.25) is 0 Å². The Morgan fingerprint density at radius 3 is 2.60 bits per heavy atom. The molecule has 1 amide bonds. The predicted molar refractivity (Wildman–Crippen MR) is 99.2 cm³/mol. The van der Waals surface area contributed by atoms with Gasteiger partial charge in [-0.2, -0.15) is 4.31 Å². The molecule has 1 saturated heterocycles. The monoisotopic (exact) mass is 385 g/mol. The van der Waals surface area contributed by atoms with Crippen molar-refractivity contribution in [2.24, 2.45) is 0 Å². The van der Waals surface area contributed by atoms with E-state index in [4.69, 9.17) is 0 Å². The number of hydrogen-bond acceptors (Lipinski definition) is 5. The molecule has 8 heteroatoms. The molecule has 0 unspecified atom stereocenters. The Kier molecular flexibility index (Phi) is 6.49. The average molecular weight is 386 g/mol. The van der Waals surface area contributed by atoms with E-state index in [0.717, 1.165) is 38.8 Å². The molecule has 0 spiro atoms. The van der Waals surface area contributed by atoms with E-state index in [9.17, 15) is 13.2 Å². The lowest BCUT2D eigenvalue weighted by Crippen LogP contribution is -2.48. The highest BCUT2D eigenvalue weighted by Crippen LogP contribution is 2.29. The minimum atomic E-state index is -3.51. The van der Waals surface area contributed by atoms with Crippen molar-refractivity contribution in [1.82, 2.24) is 14.5 Å². The summed E-state index contributed by atoms with van der Waals surface area (Å²) in [5, 5.41) is 5.02. The van der Waals surface area contributed by atoms with Crippen LogP contribution in [0.1, 0.15) is 38.5 Å². The number of thiophene rings is 1.